The Morgan fingerprint density at radius 2 is 1.35 bits per heavy atom. The van der Waals surface area contributed by atoms with E-state index in [1.165, 1.54) is 38.5 Å². The van der Waals surface area contributed by atoms with Gasteiger partial charge in [-0.2, -0.15) is 0 Å². The minimum Gasteiger partial charge on any atom is -0.403 e. The summed E-state index contributed by atoms with van der Waals surface area (Å²) in [7, 11) is 0.0474. The molecule has 1 saturated heterocycles. The molecule has 0 bridgehead atoms. The van der Waals surface area contributed by atoms with Crippen molar-refractivity contribution in [2.75, 3.05) is 0 Å². The van der Waals surface area contributed by atoms with Gasteiger partial charge in [0, 0.05) is 0 Å². The van der Waals surface area contributed by atoms with Crippen LogP contribution in [-0.4, -0.2) is 18.3 Å². The van der Waals surface area contributed by atoms with Crippen LogP contribution in [0.2, 0.25) is 5.82 Å². The predicted octanol–water partition coefficient (Wildman–Crippen LogP) is 3.80. The molecule has 0 aromatic rings. The van der Waals surface area contributed by atoms with Gasteiger partial charge in [0.1, 0.15) is 0 Å². The van der Waals surface area contributed by atoms with E-state index in [9.17, 15) is 0 Å². The van der Waals surface area contributed by atoms with E-state index < -0.39 is 0 Å². The topological polar surface area (TPSA) is 18.5 Å². The molecule has 1 aliphatic heterocycles. The first-order valence-corrected chi connectivity index (χ1v) is 7.19. The molecule has 2 nitrogen and oxygen atoms in total. The van der Waals surface area contributed by atoms with E-state index >= 15 is 0 Å². The van der Waals surface area contributed by atoms with Crippen molar-refractivity contribution < 1.29 is 9.31 Å². The van der Waals surface area contributed by atoms with E-state index in [1.54, 1.807) is 0 Å². The first kappa shape index (κ1) is 12.0. The first-order chi connectivity index (χ1) is 7.84. The maximum Gasteiger partial charge on any atom is 0.461 e. The van der Waals surface area contributed by atoms with Crippen molar-refractivity contribution in [3.8, 4) is 0 Å². The van der Waals surface area contributed by atoms with E-state index in [4.69, 9.17) is 9.31 Å². The lowest BCUT2D eigenvalue weighted by Crippen LogP contribution is -2.41. The molecular formula is C14H25BO2. The molecule has 3 fully saturated rings. The molecule has 3 aliphatic rings. The van der Waals surface area contributed by atoms with Crippen LogP contribution in [0.25, 0.3) is 0 Å². The highest BCUT2D eigenvalue weighted by molar-refractivity contribution is 6.47. The zero-order valence-corrected chi connectivity index (χ0v) is 11.7. The summed E-state index contributed by atoms with van der Waals surface area (Å²) in [4.78, 5) is 0. The van der Waals surface area contributed by atoms with E-state index in [0.29, 0.717) is 11.2 Å². The number of rotatable bonds is 1. The van der Waals surface area contributed by atoms with Gasteiger partial charge in [0.2, 0.25) is 0 Å². The summed E-state index contributed by atoms with van der Waals surface area (Å²) in [5, 5.41) is 0. The van der Waals surface area contributed by atoms with Crippen molar-refractivity contribution in [3.05, 3.63) is 0 Å². The zero-order valence-electron chi connectivity index (χ0n) is 11.7. The second-order valence-corrected chi connectivity index (χ2v) is 7.50. The van der Waals surface area contributed by atoms with Crippen LogP contribution in [0, 0.1) is 5.41 Å². The molecule has 17 heavy (non-hydrogen) atoms. The third-order valence-corrected chi connectivity index (χ3v) is 5.71. The van der Waals surface area contributed by atoms with Gasteiger partial charge in [0.25, 0.3) is 0 Å². The maximum atomic E-state index is 6.15. The SMILES string of the molecule is CC1(C)OB(C2CC3(CCCC3)C2)OC1(C)C. The van der Waals surface area contributed by atoms with Gasteiger partial charge < -0.3 is 9.31 Å². The van der Waals surface area contributed by atoms with E-state index in [2.05, 4.69) is 27.7 Å². The maximum absolute atomic E-state index is 6.15. The summed E-state index contributed by atoms with van der Waals surface area (Å²) in [6.45, 7) is 8.60. The van der Waals surface area contributed by atoms with Crippen LogP contribution >= 0.6 is 0 Å². The predicted molar refractivity (Wildman–Crippen MR) is 70.0 cm³/mol. The van der Waals surface area contributed by atoms with Crippen molar-refractivity contribution in [1.29, 1.82) is 0 Å². The second kappa shape index (κ2) is 3.51. The average molecular weight is 236 g/mol. The van der Waals surface area contributed by atoms with Gasteiger partial charge in [-0.1, -0.05) is 12.8 Å². The molecule has 1 heterocycles. The van der Waals surface area contributed by atoms with Crippen molar-refractivity contribution in [1.82, 2.24) is 0 Å². The van der Waals surface area contributed by atoms with Crippen molar-refractivity contribution in [3.63, 3.8) is 0 Å². The summed E-state index contributed by atoms with van der Waals surface area (Å²) in [6.07, 6.45) is 8.45. The molecule has 0 amide bonds. The van der Waals surface area contributed by atoms with Crippen LogP contribution in [0.5, 0.6) is 0 Å². The number of hydrogen-bond donors (Lipinski definition) is 0. The Morgan fingerprint density at radius 1 is 0.882 bits per heavy atom. The van der Waals surface area contributed by atoms with Crippen LogP contribution in [-0.2, 0) is 9.31 Å². The fourth-order valence-corrected chi connectivity index (χ4v) is 3.86. The Labute approximate surface area is 106 Å². The van der Waals surface area contributed by atoms with Crippen molar-refractivity contribution in [2.24, 2.45) is 5.41 Å². The van der Waals surface area contributed by atoms with E-state index in [1.807, 2.05) is 0 Å². The second-order valence-electron chi connectivity index (χ2n) is 7.50. The first-order valence-electron chi connectivity index (χ1n) is 7.19. The average Bonchev–Trinajstić information content (AvgIpc) is 2.67. The standard InChI is InChI=1S/C14H25BO2/c1-12(2)13(3,4)17-15(16-12)11-9-14(10-11)7-5-6-8-14/h11H,5-10H2,1-4H3. The molecule has 0 N–H and O–H groups in total. The Kier molecular flexibility index (Phi) is 2.49. The molecule has 0 unspecified atom stereocenters. The van der Waals surface area contributed by atoms with Crippen LogP contribution in [0.15, 0.2) is 0 Å². The monoisotopic (exact) mass is 236 g/mol. The molecule has 2 saturated carbocycles. The lowest BCUT2D eigenvalue weighted by Gasteiger charge is -2.46. The Balaban J connectivity index is 1.62. The van der Waals surface area contributed by atoms with E-state index in [-0.39, 0.29) is 18.3 Å². The molecule has 0 radical (unpaired) electrons. The fourth-order valence-electron chi connectivity index (χ4n) is 3.86. The van der Waals surface area contributed by atoms with Gasteiger partial charge in [-0.3, -0.25) is 0 Å². The highest BCUT2D eigenvalue weighted by Gasteiger charge is 2.59. The molecule has 0 aromatic heterocycles. The summed E-state index contributed by atoms with van der Waals surface area (Å²) in [5.74, 6) is 0.647. The molecule has 0 aromatic carbocycles. The van der Waals surface area contributed by atoms with Crippen LogP contribution in [0.4, 0.5) is 0 Å². The number of hydrogen-bond acceptors (Lipinski definition) is 2. The molecule has 3 rings (SSSR count). The van der Waals surface area contributed by atoms with E-state index in [0.717, 1.165) is 0 Å². The summed E-state index contributed by atoms with van der Waals surface area (Å²) in [6, 6.07) is 0. The molecule has 0 atom stereocenters. The minimum atomic E-state index is -0.157. The van der Waals surface area contributed by atoms with Crippen LogP contribution in [0.3, 0.4) is 0 Å². The largest absolute Gasteiger partial charge is 0.461 e. The summed E-state index contributed by atoms with van der Waals surface area (Å²) < 4.78 is 12.3. The zero-order chi connectivity index (χ0) is 12.3. The lowest BCUT2D eigenvalue weighted by atomic mass is 9.48. The van der Waals surface area contributed by atoms with Crippen LogP contribution in [0.1, 0.15) is 66.2 Å². The normalized spacial score (nSPS) is 34.2. The highest BCUT2D eigenvalue weighted by Crippen LogP contribution is 2.61. The summed E-state index contributed by atoms with van der Waals surface area (Å²) in [5.41, 5.74) is 0.375. The van der Waals surface area contributed by atoms with Gasteiger partial charge in [-0.25, -0.2) is 0 Å². The van der Waals surface area contributed by atoms with Gasteiger partial charge >= 0.3 is 7.12 Å². The third kappa shape index (κ3) is 1.77. The fraction of sp³-hybridized carbons (Fsp3) is 1.00. The quantitative estimate of drug-likeness (QED) is 0.644. The van der Waals surface area contributed by atoms with Crippen LogP contribution < -0.4 is 0 Å². The molecular weight excluding hydrogens is 211 g/mol. The van der Waals surface area contributed by atoms with Crippen molar-refractivity contribution >= 4 is 7.12 Å². The molecule has 1 spiro atoms. The van der Waals surface area contributed by atoms with Gasteiger partial charge in [0.05, 0.1) is 11.2 Å². The highest BCUT2D eigenvalue weighted by atomic mass is 16.7. The van der Waals surface area contributed by atoms with Gasteiger partial charge in [0.15, 0.2) is 0 Å². The van der Waals surface area contributed by atoms with Gasteiger partial charge in [-0.15, -0.1) is 0 Å². The summed E-state index contributed by atoms with van der Waals surface area (Å²) >= 11 is 0. The third-order valence-electron chi connectivity index (χ3n) is 5.71. The van der Waals surface area contributed by atoms with Gasteiger partial charge in [-0.05, 0) is 64.6 Å². The Morgan fingerprint density at radius 3 is 1.82 bits per heavy atom. The van der Waals surface area contributed by atoms with Crippen molar-refractivity contribution in [2.45, 2.75) is 83.2 Å². The Hall–Kier alpha value is -0.0151. The Bertz CT molecular complexity index is 294. The smallest absolute Gasteiger partial charge is 0.403 e. The molecule has 2 aliphatic carbocycles. The lowest BCUT2D eigenvalue weighted by molar-refractivity contribution is 0.00578. The molecule has 96 valence electrons. The minimum absolute atomic E-state index is 0.0474. The molecule has 3 heteroatoms.